The van der Waals surface area contributed by atoms with E-state index in [4.69, 9.17) is 4.74 Å². The fourth-order valence-electron chi connectivity index (χ4n) is 4.09. The van der Waals surface area contributed by atoms with E-state index in [-0.39, 0.29) is 18.0 Å². The molecule has 3 fully saturated rings. The number of pyridine rings is 1. The quantitative estimate of drug-likeness (QED) is 0.912. The summed E-state index contributed by atoms with van der Waals surface area (Å²) in [6.07, 6.45) is 5.94. The molecule has 1 amide bonds. The Bertz CT molecular complexity index is 745. The van der Waals surface area contributed by atoms with Crippen molar-refractivity contribution in [3.8, 4) is 0 Å². The van der Waals surface area contributed by atoms with Crippen molar-refractivity contribution in [3.05, 3.63) is 60.2 Å². The van der Waals surface area contributed by atoms with E-state index in [0.717, 1.165) is 37.9 Å². The normalized spacial score (nSPS) is 27.1. The summed E-state index contributed by atoms with van der Waals surface area (Å²) >= 11 is 0. The minimum atomic E-state index is -0.480. The van der Waals surface area contributed by atoms with Crippen LogP contribution in [0.1, 0.15) is 18.4 Å². The van der Waals surface area contributed by atoms with Gasteiger partial charge in [-0.15, -0.1) is 0 Å². The number of ether oxygens (including phenoxy) is 1. The topological polar surface area (TPSA) is 54.5 Å². The van der Waals surface area contributed by atoms with Gasteiger partial charge in [-0.3, -0.25) is 15.2 Å². The number of carbonyl (C=O) groups is 1. The van der Waals surface area contributed by atoms with Gasteiger partial charge in [-0.05, 0) is 68.2 Å². The first-order chi connectivity index (χ1) is 12.7. The van der Waals surface area contributed by atoms with Crippen LogP contribution in [-0.4, -0.2) is 41.2 Å². The van der Waals surface area contributed by atoms with Crippen LogP contribution in [0.3, 0.4) is 0 Å². The number of anilines is 1. The highest BCUT2D eigenvalue weighted by atomic mass is 19.1. The zero-order valence-electron chi connectivity index (χ0n) is 14.5. The predicted octanol–water partition coefficient (Wildman–Crippen LogP) is 3.47. The number of piperidine rings is 3. The minimum Gasteiger partial charge on any atom is -0.444 e. The van der Waals surface area contributed by atoms with E-state index in [1.54, 1.807) is 6.20 Å². The molecular weight excluding hydrogens is 333 g/mol. The van der Waals surface area contributed by atoms with Crippen LogP contribution in [-0.2, 0) is 11.2 Å². The van der Waals surface area contributed by atoms with Crippen molar-refractivity contribution in [3.63, 3.8) is 0 Å². The molecule has 0 aliphatic carbocycles. The standard InChI is InChI=1S/C20H22FN3O2/c21-16-3-5-17(6-4-16)23-20(25)26-19-15-7-10-24(11-8-15)18(19)12-14-2-1-9-22-13-14/h1-6,9,13,15,18-19H,7-8,10-12H2,(H,23,25)/t18-,19-/m0/s1. The summed E-state index contributed by atoms with van der Waals surface area (Å²) in [4.78, 5) is 19.0. The molecule has 3 saturated heterocycles. The smallest absolute Gasteiger partial charge is 0.411 e. The van der Waals surface area contributed by atoms with Crippen molar-refractivity contribution in [1.82, 2.24) is 9.88 Å². The van der Waals surface area contributed by atoms with Crippen molar-refractivity contribution in [2.24, 2.45) is 5.92 Å². The highest BCUT2D eigenvalue weighted by molar-refractivity contribution is 5.84. The molecule has 2 aromatic rings. The Morgan fingerprint density at radius 3 is 2.69 bits per heavy atom. The van der Waals surface area contributed by atoms with Gasteiger partial charge in [-0.1, -0.05) is 6.07 Å². The number of rotatable bonds is 4. The van der Waals surface area contributed by atoms with Gasteiger partial charge in [-0.2, -0.15) is 0 Å². The average Bonchev–Trinajstić information content (AvgIpc) is 2.67. The van der Waals surface area contributed by atoms with Gasteiger partial charge < -0.3 is 4.74 Å². The van der Waals surface area contributed by atoms with Gasteiger partial charge in [0, 0.05) is 24.0 Å². The second-order valence-electron chi connectivity index (χ2n) is 7.01. The van der Waals surface area contributed by atoms with Crippen LogP contribution >= 0.6 is 0 Å². The molecule has 0 unspecified atom stereocenters. The van der Waals surface area contributed by atoms with Crippen LogP contribution in [0.5, 0.6) is 0 Å². The van der Waals surface area contributed by atoms with Crippen molar-refractivity contribution in [1.29, 1.82) is 0 Å². The summed E-state index contributed by atoms with van der Waals surface area (Å²) in [7, 11) is 0. The third kappa shape index (κ3) is 3.70. The Morgan fingerprint density at radius 1 is 1.23 bits per heavy atom. The van der Waals surface area contributed by atoms with Gasteiger partial charge in [0.05, 0.1) is 6.04 Å². The zero-order valence-corrected chi connectivity index (χ0v) is 14.5. The zero-order chi connectivity index (χ0) is 17.9. The molecule has 1 N–H and O–H groups in total. The Hall–Kier alpha value is -2.47. The van der Waals surface area contributed by atoms with Gasteiger partial charge in [0.25, 0.3) is 0 Å². The van der Waals surface area contributed by atoms with Crippen LogP contribution in [0, 0.1) is 11.7 Å². The summed E-state index contributed by atoms with van der Waals surface area (Å²) in [6, 6.07) is 9.85. The summed E-state index contributed by atoms with van der Waals surface area (Å²) in [6.45, 7) is 2.10. The number of carbonyl (C=O) groups excluding carboxylic acids is 1. The number of nitrogens with zero attached hydrogens (tertiary/aromatic N) is 2. The molecule has 4 heterocycles. The molecule has 0 radical (unpaired) electrons. The lowest BCUT2D eigenvalue weighted by atomic mass is 9.78. The molecule has 136 valence electrons. The maximum Gasteiger partial charge on any atom is 0.411 e. The van der Waals surface area contributed by atoms with Crippen molar-refractivity contribution < 1.29 is 13.9 Å². The SMILES string of the molecule is O=C(Nc1ccc(F)cc1)O[C@H]1C2CCN(CC2)[C@H]1Cc1cccnc1. The second kappa shape index (κ2) is 7.41. The van der Waals surface area contributed by atoms with E-state index in [2.05, 4.69) is 21.3 Å². The second-order valence-corrected chi connectivity index (χ2v) is 7.01. The summed E-state index contributed by atoms with van der Waals surface area (Å²) < 4.78 is 18.8. The molecule has 0 saturated carbocycles. The van der Waals surface area contributed by atoms with Crippen molar-refractivity contribution in [2.75, 3.05) is 18.4 Å². The number of halogens is 1. The molecule has 6 heteroatoms. The third-order valence-electron chi connectivity index (χ3n) is 5.39. The Labute approximate surface area is 152 Å². The van der Waals surface area contributed by atoms with Crippen LogP contribution < -0.4 is 5.32 Å². The lowest BCUT2D eigenvalue weighted by Gasteiger charge is -2.50. The number of fused-ring (bicyclic) bond motifs is 3. The maximum atomic E-state index is 13.0. The number of hydrogen-bond acceptors (Lipinski definition) is 4. The van der Waals surface area contributed by atoms with E-state index in [0.29, 0.717) is 11.6 Å². The molecule has 2 atom stereocenters. The highest BCUT2D eigenvalue weighted by Gasteiger charge is 2.44. The van der Waals surface area contributed by atoms with E-state index < -0.39 is 6.09 Å². The van der Waals surface area contributed by atoms with E-state index in [1.807, 2.05) is 12.3 Å². The molecule has 5 rings (SSSR count). The maximum absolute atomic E-state index is 13.0. The fraction of sp³-hybridized carbons (Fsp3) is 0.400. The summed E-state index contributed by atoms with van der Waals surface area (Å²) in [5, 5.41) is 2.70. The summed E-state index contributed by atoms with van der Waals surface area (Å²) in [5.74, 6) is 0.0541. The van der Waals surface area contributed by atoms with Crippen molar-refractivity contribution >= 4 is 11.8 Å². The number of amides is 1. The molecule has 3 aliphatic rings. The third-order valence-corrected chi connectivity index (χ3v) is 5.39. The van der Waals surface area contributed by atoms with E-state index in [9.17, 15) is 9.18 Å². The minimum absolute atomic E-state index is 0.141. The number of aromatic nitrogens is 1. The number of hydrogen-bond donors (Lipinski definition) is 1. The largest absolute Gasteiger partial charge is 0.444 e. The molecule has 1 aromatic heterocycles. The van der Waals surface area contributed by atoms with E-state index in [1.165, 1.54) is 24.3 Å². The van der Waals surface area contributed by atoms with Crippen LogP contribution in [0.2, 0.25) is 0 Å². The molecule has 26 heavy (non-hydrogen) atoms. The first-order valence-corrected chi connectivity index (χ1v) is 9.05. The number of benzene rings is 1. The first kappa shape index (κ1) is 17.0. The molecule has 0 spiro atoms. The van der Waals surface area contributed by atoms with Crippen LogP contribution in [0.4, 0.5) is 14.9 Å². The lowest BCUT2D eigenvalue weighted by molar-refractivity contribution is -0.0741. The Balaban J connectivity index is 1.45. The van der Waals surface area contributed by atoms with Crippen LogP contribution in [0.25, 0.3) is 0 Å². The van der Waals surface area contributed by atoms with Crippen molar-refractivity contribution in [2.45, 2.75) is 31.4 Å². The fourth-order valence-corrected chi connectivity index (χ4v) is 4.09. The van der Waals surface area contributed by atoms with Gasteiger partial charge in [0.1, 0.15) is 11.9 Å². The molecular formula is C20H22FN3O2. The monoisotopic (exact) mass is 355 g/mol. The molecule has 1 aromatic carbocycles. The van der Waals surface area contributed by atoms with Gasteiger partial charge in [-0.25, -0.2) is 9.18 Å². The van der Waals surface area contributed by atoms with Crippen LogP contribution in [0.15, 0.2) is 48.8 Å². The van der Waals surface area contributed by atoms with Gasteiger partial charge >= 0.3 is 6.09 Å². The number of nitrogens with one attached hydrogen (secondary N) is 1. The summed E-state index contributed by atoms with van der Waals surface area (Å²) in [5.41, 5.74) is 1.68. The van der Waals surface area contributed by atoms with Gasteiger partial charge in [0.2, 0.25) is 0 Å². The van der Waals surface area contributed by atoms with E-state index >= 15 is 0 Å². The Morgan fingerprint density at radius 2 is 2.00 bits per heavy atom. The Kier molecular flexibility index (Phi) is 4.84. The average molecular weight is 355 g/mol. The lowest BCUT2D eigenvalue weighted by Crippen LogP contribution is -2.60. The molecule has 5 nitrogen and oxygen atoms in total. The highest BCUT2D eigenvalue weighted by Crippen LogP contribution is 2.36. The molecule has 3 aliphatic heterocycles. The predicted molar refractivity (Wildman–Crippen MR) is 96.3 cm³/mol. The molecule has 2 bridgehead atoms. The first-order valence-electron chi connectivity index (χ1n) is 9.05. The van der Waals surface area contributed by atoms with Gasteiger partial charge in [0.15, 0.2) is 0 Å².